The fourth-order valence-corrected chi connectivity index (χ4v) is 3.75. The minimum atomic E-state index is -0.191. The molecule has 0 saturated carbocycles. The van der Waals surface area contributed by atoms with Crippen LogP contribution in [0.5, 0.6) is 5.75 Å². The Kier molecular flexibility index (Phi) is 4.74. The van der Waals surface area contributed by atoms with Gasteiger partial charge in [0.25, 0.3) is 5.56 Å². The number of para-hydroxylation sites is 1. The van der Waals surface area contributed by atoms with E-state index in [0.717, 1.165) is 0 Å². The van der Waals surface area contributed by atoms with E-state index in [4.69, 9.17) is 4.74 Å². The highest BCUT2D eigenvalue weighted by molar-refractivity contribution is 7.99. The lowest BCUT2D eigenvalue weighted by molar-refractivity contribution is -0.118. The van der Waals surface area contributed by atoms with Gasteiger partial charge in [0.15, 0.2) is 5.16 Å². The van der Waals surface area contributed by atoms with Crippen molar-refractivity contribution < 1.29 is 9.53 Å². The Hall–Kier alpha value is -3.33. The van der Waals surface area contributed by atoms with E-state index in [0.29, 0.717) is 33.3 Å². The molecule has 1 amide bonds. The normalized spacial score (nSPS) is 11.1. The largest absolute Gasteiger partial charge is 0.497 e. The fraction of sp³-hybridized carbons (Fsp3) is 0.158. The summed E-state index contributed by atoms with van der Waals surface area (Å²) >= 11 is 1.26. The highest BCUT2D eigenvalue weighted by atomic mass is 32.2. The molecule has 0 fully saturated rings. The van der Waals surface area contributed by atoms with Crippen LogP contribution in [-0.2, 0) is 4.79 Å². The molecule has 0 saturated heterocycles. The molecule has 0 unspecified atom stereocenters. The molecule has 0 aliphatic rings. The predicted molar refractivity (Wildman–Crippen MR) is 107 cm³/mol. The van der Waals surface area contributed by atoms with E-state index in [9.17, 15) is 9.59 Å². The number of ether oxygens (including phenoxy) is 1. The van der Waals surface area contributed by atoms with Gasteiger partial charge in [-0.25, -0.2) is 4.57 Å². The second kappa shape index (κ2) is 7.35. The Morgan fingerprint density at radius 2 is 1.89 bits per heavy atom. The zero-order valence-corrected chi connectivity index (χ0v) is 16.1. The van der Waals surface area contributed by atoms with Crippen LogP contribution in [0.1, 0.15) is 0 Å². The van der Waals surface area contributed by atoms with Crippen LogP contribution in [0.25, 0.3) is 22.4 Å². The average molecular weight is 395 g/mol. The van der Waals surface area contributed by atoms with Gasteiger partial charge in [-0.2, -0.15) is 0 Å². The molecule has 142 valence electrons. The summed E-state index contributed by atoms with van der Waals surface area (Å²) in [6.07, 6.45) is 0. The number of hydrogen-bond donors (Lipinski definition) is 1. The Bertz CT molecular complexity index is 1230. The molecule has 2 aromatic heterocycles. The number of carbonyl (C=O) groups excluding carboxylic acids is 1. The number of rotatable bonds is 5. The van der Waals surface area contributed by atoms with Gasteiger partial charge >= 0.3 is 0 Å². The van der Waals surface area contributed by atoms with Gasteiger partial charge < -0.3 is 10.1 Å². The molecular weight excluding hydrogens is 378 g/mol. The van der Waals surface area contributed by atoms with Gasteiger partial charge in [-0.15, -0.1) is 10.2 Å². The summed E-state index contributed by atoms with van der Waals surface area (Å²) in [5.41, 5.74) is 1.15. The maximum atomic E-state index is 13.2. The Morgan fingerprint density at radius 3 is 2.61 bits per heavy atom. The van der Waals surface area contributed by atoms with Crippen molar-refractivity contribution in [2.24, 2.45) is 0 Å². The van der Waals surface area contributed by atoms with E-state index in [2.05, 4.69) is 15.5 Å². The first-order valence-corrected chi connectivity index (χ1v) is 9.49. The molecule has 8 nitrogen and oxygen atoms in total. The third kappa shape index (κ3) is 2.99. The molecule has 0 spiro atoms. The molecule has 1 N–H and O–H groups in total. The van der Waals surface area contributed by atoms with Crippen molar-refractivity contribution in [2.75, 3.05) is 19.9 Å². The third-order valence-corrected chi connectivity index (χ3v) is 5.27. The monoisotopic (exact) mass is 395 g/mol. The lowest BCUT2D eigenvalue weighted by Gasteiger charge is -2.11. The zero-order valence-electron chi connectivity index (χ0n) is 15.2. The minimum absolute atomic E-state index is 0.116. The summed E-state index contributed by atoms with van der Waals surface area (Å²) < 4.78 is 8.51. The van der Waals surface area contributed by atoms with E-state index in [1.54, 1.807) is 48.9 Å². The van der Waals surface area contributed by atoms with Crippen molar-refractivity contribution in [3.63, 3.8) is 0 Å². The van der Waals surface area contributed by atoms with Crippen LogP contribution >= 0.6 is 11.8 Å². The topological polar surface area (TPSA) is 90.5 Å². The van der Waals surface area contributed by atoms with Crippen molar-refractivity contribution in [3.05, 3.63) is 58.9 Å². The number of amides is 1. The van der Waals surface area contributed by atoms with Crippen LogP contribution in [0, 0.1) is 0 Å². The zero-order chi connectivity index (χ0) is 19.7. The Morgan fingerprint density at radius 1 is 1.14 bits per heavy atom. The molecule has 2 aromatic carbocycles. The second-order valence-electron chi connectivity index (χ2n) is 5.94. The summed E-state index contributed by atoms with van der Waals surface area (Å²) in [4.78, 5) is 24.9. The first-order valence-electron chi connectivity index (χ1n) is 8.50. The fourth-order valence-electron chi connectivity index (χ4n) is 2.94. The SMILES string of the molecule is CNC(=O)CSc1nnc2n(-c3ccc(OC)cc3)c(=O)c3ccccc3n12. The first-order chi connectivity index (χ1) is 13.6. The van der Waals surface area contributed by atoms with Gasteiger partial charge in [-0.05, 0) is 36.4 Å². The molecular formula is C19H17N5O3S. The van der Waals surface area contributed by atoms with Gasteiger partial charge in [0.1, 0.15) is 5.75 Å². The van der Waals surface area contributed by atoms with Gasteiger partial charge in [0, 0.05) is 7.05 Å². The summed E-state index contributed by atoms with van der Waals surface area (Å²) in [5.74, 6) is 1.16. The molecule has 4 rings (SSSR count). The Balaban J connectivity index is 1.98. The Labute approximate surface area is 164 Å². The smallest absolute Gasteiger partial charge is 0.267 e. The quantitative estimate of drug-likeness (QED) is 0.519. The van der Waals surface area contributed by atoms with E-state index >= 15 is 0 Å². The lowest BCUT2D eigenvalue weighted by Crippen LogP contribution is -2.22. The third-order valence-electron chi connectivity index (χ3n) is 4.34. The number of aromatic nitrogens is 4. The van der Waals surface area contributed by atoms with Gasteiger partial charge in [0.2, 0.25) is 11.7 Å². The lowest BCUT2D eigenvalue weighted by atomic mass is 10.2. The molecule has 0 atom stereocenters. The average Bonchev–Trinajstić information content (AvgIpc) is 3.16. The number of benzene rings is 2. The maximum Gasteiger partial charge on any atom is 0.267 e. The minimum Gasteiger partial charge on any atom is -0.497 e. The number of nitrogens with zero attached hydrogens (tertiary/aromatic N) is 4. The first kappa shape index (κ1) is 18.1. The molecule has 0 aliphatic carbocycles. The summed E-state index contributed by atoms with van der Waals surface area (Å²) in [5, 5.41) is 12.1. The van der Waals surface area contributed by atoms with Gasteiger partial charge in [-0.1, -0.05) is 23.9 Å². The van der Waals surface area contributed by atoms with Crippen LogP contribution in [0.2, 0.25) is 0 Å². The molecule has 28 heavy (non-hydrogen) atoms. The predicted octanol–water partition coefficient (Wildman–Crippen LogP) is 1.88. The van der Waals surface area contributed by atoms with Crippen LogP contribution < -0.4 is 15.6 Å². The van der Waals surface area contributed by atoms with E-state index in [1.807, 2.05) is 18.2 Å². The van der Waals surface area contributed by atoms with Crippen molar-refractivity contribution in [2.45, 2.75) is 5.16 Å². The number of hydrogen-bond acceptors (Lipinski definition) is 6. The van der Waals surface area contributed by atoms with E-state index < -0.39 is 0 Å². The van der Waals surface area contributed by atoms with Gasteiger partial charge in [-0.3, -0.25) is 14.0 Å². The highest BCUT2D eigenvalue weighted by Gasteiger charge is 2.18. The second-order valence-corrected chi connectivity index (χ2v) is 6.88. The van der Waals surface area contributed by atoms with E-state index in [-0.39, 0.29) is 17.2 Å². The van der Waals surface area contributed by atoms with Gasteiger partial charge in [0.05, 0.1) is 29.5 Å². The molecule has 0 radical (unpaired) electrons. The van der Waals surface area contributed by atoms with Crippen LogP contribution in [-0.4, -0.2) is 45.0 Å². The van der Waals surface area contributed by atoms with Crippen molar-refractivity contribution in [1.29, 1.82) is 0 Å². The number of methoxy groups -OCH3 is 1. The molecule has 0 aliphatic heterocycles. The molecule has 0 bridgehead atoms. The summed E-state index contributed by atoms with van der Waals surface area (Å²) in [6.45, 7) is 0. The van der Waals surface area contributed by atoms with Crippen LogP contribution in [0.4, 0.5) is 0 Å². The van der Waals surface area contributed by atoms with Crippen molar-refractivity contribution in [3.8, 4) is 11.4 Å². The van der Waals surface area contributed by atoms with Crippen molar-refractivity contribution >= 4 is 34.3 Å². The van der Waals surface area contributed by atoms with Crippen molar-refractivity contribution in [1.82, 2.24) is 24.5 Å². The number of carbonyl (C=O) groups is 1. The van der Waals surface area contributed by atoms with E-state index in [1.165, 1.54) is 16.3 Å². The highest BCUT2D eigenvalue weighted by Crippen LogP contribution is 2.23. The van der Waals surface area contributed by atoms with Crippen LogP contribution in [0.3, 0.4) is 0 Å². The summed E-state index contributed by atoms with van der Waals surface area (Å²) in [6, 6.07) is 14.4. The number of nitrogens with one attached hydrogen (secondary N) is 1. The standard InChI is InChI=1S/C19H17N5O3S/c1-20-16(25)11-28-19-22-21-18-23(12-7-9-13(27-2)10-8-12)17(26)14-5-3-4-6-15(14)24(18)19/h3-10H,11H2,1-2H3,(H,20,25). The molecule has 9 heteroatoms. The molecule has 2 heterocycles. The summed E-state index contributed by atoms with van der Waals surface area (Å²) in [7, 11) is 3.17. The molecule has 4 aromatic rings. The number of fused-ring (bicyclic) bond motifs is 3. The number of thioether (sulfide) groups is 1. The van der Waals surface area contributed by atoms with Crippen LogP contribution in [0.15, 0.2) is 58.5 Å². The maximum absolute atomic E-state index is 13.2.